The molecule has 0 bridgehead atoms. The highest BCUT2D eigenvalue weighted by molar-refractivity contribution is 5.99. The Hall–Kier alpha value is -3.15. The summed E-state index contributed by atoms with van der Waals surface area (Å²) >= 11 is 0. The molecule has 3 aromatic rings. The first-order valence-electron chi connectivity index (χ1n) is 8.56. The van der Waals surface area contributed by atoms with E-state index in [-0.39, 0.29) is 23.2 Å². The second-order valence-electron chi connectivity index (χ2n) is 6.62. The van der Waals surface area contributed by atoms with Crippen LogP contribution in [0.4, 0.5) is 10.1 Å². The first kappa shape index (κ1) is 18.6. The fourth-order valence-corrected chi connectivity index (χ4v) is 2.84. The number of hydrogen-bond acceptors (Lipinski definition) is 5. The Labute approximate surface area is 157 Å². The smallest absolute Gasteiger partial charge is 0.341 e. The Bertz CT molecular complexity index is 1000. The van der Waals surface area contributed by atoms with Gasteiger partial charge in [0, 0.05) is 30.1 Å². The van der Waals surface area contributed by atoms with Crippen molar-refractivity contribution in [2.45, 2.75) is 19.9 Å². The normalized spacial score (nSPS) is 11.0. The second kappa shape index (κ2) is 7.23. The van der Waals surface area contributed by atoms with Gasteiger partial charge in [0.25, 0.3) is 0 Å². The van der Waals surface area contributed by atoms with Crippen molar-refractivity contribution in [3.05, 3.63) is 53.8 Å². The van der Waals surface area contributed by atoms with Crippen molar-refractivity contribution < 1.29 is 19.0 Å². The van der Waals surface area contributed by atoms with Crippen LogP contribution in [0.1, 0.15) is 24.2 Å². The van der Waals surface area contributed by atoms with Crippen LogP contribution in [0.3, 0.4) is 0 Å². The Morgan fingerprint density at radius 2 is 1.85 bits per heavy atom. The van der Waals surface area contributed by atoms with E-state index in [1.807, 2.05) is 13.1 Å². The van der Waals surface area contributed by atoms with Crippen molar-refractivity contribution in [2.24, 2.45) is 0 Å². The average Bonchev–Trinajstić information content (AvgIpc) is 2.66. The van der Waals surface area contributed by atoms with Crippen LogP contribution in [0.5, 0.6) is 5.75 Å². The predicted octanol–water partition coefficient (Wildman–Crippen LogP) is 4.38. The molecule has 6 heteroatoms. The third-order valence-corrected chi connectivity index (χ3v) is 4.59. The maximum absolute atomic E-state index is 13.3. The van der Waals surface area contributed by atoms with Crippen molar-refractivity contribution in [3.8, 4) is 17.0 Å². The van der Waals surface area contributed by atoms with Gasteiger partial charge in [-0.1, -0.05) is 0 Å². The number of esters is 1. The van der Waals surface area contributed by atoms with Gasteiger partial charge in [0.05, 0.1) is 24.0 Å². The Balaban J connectivity index is 2.28. The molecule has 0 saturated heterocycles. The molecule has 0 spiro atoms. The van der Waals surface area contributed by atoms with Crippen LogP contribution in [0.2, 0.25) is 0 Å². The number of pyridine rings is 1. The molecule has 0 saturated carbocycles. The molecule has 0 unspecified atom stereocenters. The molecule has 0 aliphatic carbocycles. The van der Waals surface area contributed by atoms with Gasteiger partial charge in [0.2, 0.25) is 0 Å². The monoisotopic (exact) mass is 368 g/mol. The van der Waals surface area contributed by atoms with E-state index in [1.165, 1.54) is 25.3 Å². The van der Waals surface area contributed by atoms with E-state index in [2.05, 4.69) is 23.7 Å². The summed E-state index contributed by atoms with van der Waals surface area (Å²) in [5.41, 5.74) is 2.88. The van der Waals surface area contributed by atoms with E-state index in [0.29, 0.717) is 16.6 Å². The molecule has 2 aromatic carbocycles. The van der Waals surface area contributed by atoms with Crippen molar-refractivity contribution in [3.63, 3.8) is 0 Å². The molecule has 0 fully saturated rings. The summed E-state index contributed by atoms with van der Waals surface area (Å²) in [4.78, 5) is 18.6. The van der Waals surface area contributed by atoms with Gasteiger partial charge >= 0.3 is 5.97 Å². The molecule has 0 aliphatic rings. The van der Waals surface area contributed by atoms with Crippen molar-refractivity contribution >= 4 is 22.6 Å². The van der Waals surface area contributed by atoms with Gasteiger partial charge in [-0.25, -0.2) is 14.2 Å². The van der Waals surface area contributed by atoms with E-state index >= 15 is 0 Å². The van der Waals surface area contributed by atoms with Crippen molar-refractivity contribution in [1.82, 2.24) is 4.98 Å². The van der Waals surface area contributed by atoms with Gasteiger partial charge in [0.15, 0.2) is 0 Å². The zero-order valence-electron chi connectivity index (χ0n) is 15.7. The van der Waals surface area contributed by atoms with E-state index in [9.17, 15) is 14.3 Å². The quantitative estimate of drug-likeness (QED) is 0.693. The van der Waals surface area contributed by atoms with Gasteiger partial charge in [-0.05, 0) is 50.2 Å². The summed E-state index contributed by atoms with van der Waals surface area (Å²) in [6.45, 7) is 4.10. The number of ether oxygens (including phenoxy) is 1. The van der Waals surface area contributed by atoms with Crippen LogP contribution in [0.25, 0.3) is 22.2 Å². The minimum absolute atomic E-state index is 0.0829. The molecular formula is C21H21FN2O3. The first-order valence-corrected chi connectivity index (χ1v) is 8.56. The van der Waals surface area contributed by atoms with Crippen molar-refractivity contribution in [1.29, 1.82) is 0 Å². The first-order chi connectivity index (χ1) is 12.8. The number of fused-ring (bicyclic) bond motifs is 1. The van der Waals surface area contributed by atoms with E-state index in [1.54, 1.807) is 18.2 Å². The third kappa shape index (κ3) is 3.56. The SMILES string of the molecule is COC(=O)c1cc2cc(N(C)C(C)C)c(-c3ccc(F)cc3)nc2cc1O. The number of nitrogens with zero attached hydrogens (tertiary/aromatic N) is 2. The Morgan fingerprint density at radius 1 is 1.19 bits per heavy atom. The zero-order valence-corrected chi connectivity index (χ0v) is 15.7. The Kier molecular flexibility index (Phi) is 4.99. The van der Waals surface area contributed by atoms with E-state index in [4.69, 9.17) is 4.74 Å². The van der Waals surface area contributed by atoms with Crippen LogP contribution in [0, 0.1) is 5.82 Å². The molecule has 1 aromatic heterocycles. The second-order valence-corrected chi connectivity index (χ2v) is 6.62. The fourth-order valence-electron chi connectivity index (χ4n) is 2.84. The number of rotatable bonds is 4. The van der Waals surface area contributed by atoms with Crippen LogP contribution in [-0.2, 0) is 4.74 Å². The number of phenols is 1. The minimum Gasteiger partial charge on any atom is -0.507 e. The number of benzene rings is 2. The fraction of sp³-hybridized carbons (Fsp3) is 0.238. The molecule has 140 valence electrons. The number of phenolic OH excluding ortho intramolecular Hbond substituents is 1. The van der Waals surface area contributed by atoms with Crippen LogP contribution >= 0.6 is 0 Å². The number of carbonyl (C=O) groups is 1. The third-order valence-electron chi connectivity index (χ3n) is 4.59. The standard InChI is InChI=1S/C21H21FN2O3/c1-12(2)24(3)18-10-14-9-16(21(26)27-4)19(25)11-17(14)23-20(18)13-5-7-15(22)8-6-13/h5-12,25H,1-4H3. The minimum atomic E-state index is -0.615. The highest BCUT2D eigenvalue weighted by atomic mass is 19.1. The molecule has 27 heavy (non-hydrogen) atoms. The van der Waals surface area contributed by atoms with Gasteiger partial charge in [-0.2, -0.15) is 0 Å². The van der Waals surface area contributed by atoms with Gasteiger partial charge < -0.3 is 14.7 Å². The summed E-state index contributed by atoms with van der Waals surface area (Å²) in [6.07, 6.45) is 0. The number of carbonyl (C=O) groups excluding carboxylic acids is 1. The van der Waals surface area contributed by atoms with E-state index in [0.717, 1.165) is 11.3 Å². The number of anilines is 1. The molecule has 1 heterocycles. The van der Waals surface area contributed by atoms with Gasteiger partial charge in [-0.15, -0.1) is 0 Å². The average molecular weight is 368 g/mol. The summed E-state index contributed by atoms with van der Waals surface area (Å²) in [5.74, 6) is -1.13. The number of methoxy groups -OCH3 is 1. The van der Waals surface area contributed by atoms with Gasteiger partial charge in [-0.3, -0.25) is 0 Å². The number of hydrogen-bond donors (Lipinski definition) is 1. The summed E-state index contributed by atoms with van der Waals surface area (Å²) in [6, 6.07) is 11.2. The zero-order chi connectivity index (χ0) is 19.7. The summed E-state index contributed by atoms with van der Waals surface area (Å²) in [7, 11) is 3.21. The molecule has 1 N–H and O–H groups in total. The lowest BCUT2D eigenvalue weighted by Gasteiger charge is -2.26. The van der Waals surface area contributed by atoms with Crippen molar-refractivity contribution in [2.75, 3.05) is 19.1 Å². The maximum atomic E-state index is 13.3. The van der Waals surface area contributed by atoms with E-state index < -0.39 is 5.97 Å². The molecular weight excluding hydrogens is 347 g/mol. The number of aromatic nitrogens is 1. The highest BCUT2D eigenvalue weighted by Gasteiger charge is 2.18. The maximum Gasteiger partial charge on any atom is 0.341 e. The van der Waals surface area contributed by atoms with Crippen LogP contribution in [-0.4, -0.2) is 36.3 Å². The Morgan fingerprint density at radius 3 is 2.44 bits per heavy atom. The lowest BCUT2D eigenvalue weighted by atomic mass is 10.0. The summed E-state index contributed by atoms with van der Waals surface area (Å²) < 4.78 is 18.1. The predicted molar refractivity (Wildman–Crippen MR) is 104 cm³/mol. The number of halogens is 1. The molecule has 0 atom stereocenters. The molecule has 5 nitrogen and oxygen atoms in total. The summed E-state index contributed by atoms with van der Waals surface area (Å²) in [5, 5.41) is 10.9. The molecule has 0 amide bonds. The lowest BCUT2D eigenvalue weighted by molar-refractivity contribution is 0.0597. The molecule has 0 radical (unpaired) electrons. The van der Waals surface area contributed by atoms with Gasteiger partial charge in [0.1, 0.15) is 17.1 Å². The lowest BCUT2D eigenvalue weighted by Crippen LogP contribution is -2.26. The van der Waals surface area contributed by atoms with Crippen LogP contribution in [0.15, 0.2) is 42.5 Å². The molecule has 0 aliphatic heterocycles. The van der Waals surface area contributed by atoms with Crippen LogP contribution < -0.4 is 4.90 Å². The topological polar surface area (TPSA) is 62.7 Å². The highest BCUT2D eigenvalue weighted by Crippen LogP contribution is 2.35. The molecule has 3 rings (SSSR count). The number of aromatic hydroxyl groups is 1. The largest absolute Gasteiger partial charge is 0.507 e.